The highest BCUT2D eigenvalue weighted by Gasteiger charge is 2.36. The van der Waals surface area contributed by atoms with E-state index in [1.54, 1.807) is 0 Å². The number of nitrogens with zero attached hydrogens (tertiary/aromatic N) is 2. The molecule has 1 heterocycles. The number of hydrogen-bond acceptors (Lipinski definition) is 5. The van der Waals surface area contributed by atoms with E-state index in [1.165, 1.54) is 0 Å². The molecule has 7 nitrogen and oxygen atoms in total. The highest BCUT2D eigenvalue weighted by molar-refractivity contribution is 7.89. The number of sulfonamides is 1. The first-order chi connectivity index (χ1) is 9.75. The van der Waals surface area contributed by atoms with Crippen molar-refractivity contribution in [1.29, 1.82) is 0 Å². The lowest BCUT2D eigenvalue weighted by Gasteiger charge is -2.36. The second-order valence-corrected chi connectivity index (χ2v) is 6.99. The summed E-state index contributed by atoms with van der Waals surface area (Å²) in [5.41, 5.74) is 5.05. The maximum absolute atomic E-state index is 13.3. The minimum atomic E-state index is -3.98. The number of rotatable bonds is 3. The van der Waals surface area contributed by atoms with Crippen molar-refractivity contribution in [3.8, 4) is 0 Å². The zero-order chi connectivity index (χ0) is 15.8. The van der Waals surface area contributed by atoms with Crippen LogP contribution in [0.3, 0.4) is 0 Å². The van der Waals surface area contributed by atoms with Crippen LogP contribution >= 0.6 is 0 Å². The monoisotopic (exact) mass is 317 g/mol. The topological polar surface area (TPSA) is 107 Å². The SMILES string of the molecule is CC1CCCN(S(=O)(=O)c2ccc(F)c([N+](=O)[O-])c2)C1N. The number of piperidine rings is 1. The van der Waals surface area contributed by atoms with Gasteiger partial charge in [0.05, 0.1) is 16.0 Å². The lowest BCUT2D eigenvalue weighted by atomic mass is 9.99. The Morgan fingerprint density at radius 2 is 2.14 bits per heavy atom. The Labute approximate surface area is 121 Å². The molecule has 2 rings (SSSR count). The highest BCUT2D eigenvalue weighted by Crippen LogP contribution is 2.29. The Morgan fingerprint density at radius 3 is 2.76 bits per heavy atom. The molecular weight excluding hydrogens is 301 g/mol. The number of hydrogen-bond donors (Lipinski definition) is 1. The van der Waals surface area contributed by atoms with Crippen LogP contribution in [0.1, 0.15) is 19.8 Å². The molecule has 1 aliphatic heterocycles. The van der Waals surface area contributed by atoms with Gasteiger partial charge in [0.25, 0.3) is 0 Å². The van der Waals surface area contributed by atoms with E-state index in [4.69, 9.17) is 5.73 Å². The summed E-state index contributed by atoms with van der Waals surface area (Å²) in [6.45, 7) is 2.10. The summed E-state index contributed by atoms with van der Waals surface area (Å²) in [7, 11) is -3.98. The van der Waals surface area contributed by atoms with Crippen molar-refractivity contribution in [3.05, 3.63) is 34.1 Å². The van der Waals surface area contributed by atoms with E-state index in [2.05, 4.69) is 0 Å². The number of halogens is 1. The van der Waals surface area contributed by atoms with Gasteiger partial charge in [-0.15, -0.1) is 0 Å². The zero-order valence-corrected chi connectivity index (χ0v) is 12.2. The van der Waals surface area contributed by atoms with Crippen molar-refractivity contribution < 1.29 is 17.7 Å². The van der Waals surface area contributed by atoms with Gasteiger partial charge >= 0.3 is 5.69 Å². The third-order valence-corrected chi connectivity index (χ3v) is 5.57. The maximum atomic E-state index is 13.3. The van der Waals surface area contributed by atoms with Crippen LogP contribution < -0.4 is 5.73 Å². The molecule has 0 radical (unpaired) electrons. The lowest BCUT2D eigenvalue weighted by Crippen LogP contribution is -2.52. The summed E-state index contributed by atoms with van der Waals surface area (Å²) >= 11 is 0. The number of nitro benzene ring substituents is 1. The second-order valence-electron chi connectivity index (χ2n) is 5.10. The molecule has 2 N–H and O–H groups in total. The molecule has 0 aromatic heterocycles. The minimum absolute atomic E-state index is 0.0102. The quantitative estimate of drug-likeness (QED) is 0.670. The number of nitro groups is 1. The Balaban J connectivity index is 2.44. The molecule has 0 bridgehead atoms. The summed E-state index contributed by atoms with van der Waals surface area (Å²) in [4.78, 5) is 9.46. The van der Waals surface area contributed by atoms with Crippen LogP contribution in [-0.2, 0) is 10.0 Å². The smallest absolute Gasteiger partial charge is 0.306 e. The van der Waals surface area contributed by atoms with Crippen LogP contribution in [0.4, 0.5) is 10.1 Å². The molecule has 21 heavy (non-hydrogen) atoms. The van der Waals surface area contributed by atoms with Crippen molar-refractivity contribution in [2.75, 3.05) is 6.54 Å². The predicted octanol–water partition coefficient (Wildman–Crippen LogP) is 1.44. The van der Waals surface area contributed by atoms with Gasteiger partial charge < -0.3 is 5.73 Å². The van der Waals surface area contributed by atoms with Gasteiger partial charge in [-0.05, 0) is 30.9 Å². The molecule has 1 aliphatic rings. The fourth-order valence-corrected chi connectivity index (χ4v) is 4.05. The molecule has 0 amide bonds. The Bertz CT molecular complexity index is 664. The third kappa shape index (κ3) is 2.89. The summed E-state index contributed by atoms with van der Waals surface area (Å²) < 4.78 is 39.5. The predicted molar refractivity (Wildman–Crippen MR) is 73.3 cm³/mol. The van der Waals surface area contributed by atoms with Gasteiger partial charge in [0, 0.05) is 12.6 Å². The van der Waals surface area contributed by atoms with Crippen LogP contribution in [0, 0.1) is 21.8 Å². The van der Waals surface area contributed by atoms with Gasteiger partial charge in [-0.2, -0.15) is 8.70 Å². The first kappa shape index (κ1) is 15.8. The van der Waals surface area contributed by atoms with Crippen molar-refractivity contribution >= 4 is 15.7 Å². The first-order valence-electron chi connectivity index (χ1n) is 6.46. The van der Waals surface area contributed by atoms with Gasteiger partial charge in [-0.3, -0.25) is 10.1 Å². The fourth-order valence-electron chi connectivity index (χ4n) is 2.38. The van der Waals surface area contributed by atoms with Gasteiger partial charge in [0.2, 0.25) is 15.8 Å². The average Bonchev–Trinajstić information content (AvgIpc) is 2.41. The number of benzene rings is 1. The highest BCUT2D eigenvalue weighted by atomic mass is 32.2. The normalized spacial score (nSPS) is 24.0. The zero-order valence-electron chi connectivity index (χ0n) is 11.4. The van der Waals surface area contributed by atoms with E-state index < -0.39 is 32.6 Å². The molecule has 2 atom stereocenters. The van der Waals surface area contributed by atoms with E-state index in [1.807, 2.05) is 6.92 Å². The average molecular weight is 317 g/mol. The number of nitrogens with two attached hydrogens (primary N) is 1. The first-order valence-corrected chi connectivity index (χ1v) is 7.90. The van der Waals surface area contributed by atoms with Crippen LogP contribution in [0.15, 0.2) is 23.1 Å². The Kier molecular flexibility index (Phi) is 4.26. The second kappa shape index (κ2) is 5.66. The van der Waals surface area contributed by atoms with Crippen LogP contribution in [0.2, 0.25) is 0 Å². The Hall–Kier alpha value is -1.58. The summed E-state index contributed by atoms with van der Waals surface area (Å²) in [6.07, 6.45) is 0.793. The van der Waals surface area contributed by atoms with E-state index in [0.29, 0.717) is 6.42 Å². The van der Waals surface area contributed by atoms with Crippen LogP contribution in [0.25, 0.3) is 0 Å². The molecule has 0 saturated carbocycles. The molecule has 2 unspecified atom stereocenters. The lowest BCUT2D eigenvalue weighted by molar-refractivity contribution is -0.387. The van der Waals surface area contributed by atoms with E-state index >= 15 is 0 Å². The van der Waals surface area contributed by atoms with Crippen molar-refractivity contribution in [2.45, 2.75) is 30.8 Å². The molecule has 0 spiro atoms. The molecule has 116 valence electrons. The van der Waals surface area contributed by atoms with Gasteiger partial charge in [0.1, 0.15) is 0 Å². The van der Waals surface area contributed by atoms with Crippen molar-refractivity contribution in [3.63, 3.8) is 0 Å². The molecule has 0 aliphatic carbocycles. The molecule has 1 aromatic rings. The van der Waals surface area contributed by atoms with Gasteiger partial charge in [0.15, 0.2) is 0 Å². The molecule has 9 heteroatoms. The third-order valence-electron chi connectivity index (χ3n) is 3.67. The summed E-state index contributed by atoms with van der Waals surface area (Å²) in [6, 6.07) is 2.53. The fraction of sp³-hybridized carbons (Fsp3) is 0.500. The van der Waals surface area contributed by atoms with Crippen molar-refractivity contribution in [2.24, 2.45) is 11.7 Å². The van der Waals surface area contributed by atoms with Gasteiger partial charge in [-0.1, -0.05) is 6.92 Å². The van der Waals surface area contributed by atoms with E-state index in [0.717, 1.165) is 28.9 Å². The van der Waals surface area contributed by atoms with Crippen LogP contribution in [-0.4, -0.2) is 30.4 Å². The van der Waals surface area contributed by atoms with Crippen molar-refractivity contribution in [1.82, 2.24) is 4.31 Å². The molecule has 1 saturated heterocycles. The largest absolute Gasteiger partial charge is 0.315 e. The summed E-state index contributed by atoms with van der Waals surface area (Å²) in [5.74, 6) is -1.08. The van der Waals surface area contributed by atoms with Gasteiger partial charge in [-0.25, -0.2) is 8.42 Å². The standard InChI is InChI=1S/C12H16FN3O4S/c1-8-3-2-6-15(12(8)14)21(19,20)9-4-5-10(13)11(7-9)16(17)18/h4-5,7-8,12H,2-3,6,14H2,1H3. The van der Waals surface area contributed by atoms with E-state index in [9.17, 15) is 22.9 Å². The minimum Gasteiger partial charge on any atom is -0.315 e. The molecular formula is C12H16FN3O4S. The van der Waals surface area contributed by atoms with E-state index in [-0.39, 0.29) is 17.4 Å². The summed E-state index contributed by atoms with van der Waals surface area (Å²) in [5, 5.41) is 10.7. The molecule has 1 fully saturated rings. The Morgan fingerprint density at radius 1 is 1.48 bits per heavy atom. The van der Waals surface area contributed by atoms with Crippen LogP contribution in [0.5, 0.6) is 0 Å². The molecule has 1 aromatic carbocycles. The maximum Gasteiger partial charge on any atom is 0.306 e.